The van der Waals surface area contributed by atoms with Crippen molar-refractivity contribution in [3.8, 4) is 0 Å². The van der Waals surface area contributed by atoms with Crippen LogP contribution in [0.25, 0.3) is 0 Å². The molecule has 1 heterocycles. The first-order valence-electron chi connectivity index (χ1n) is 8.24. The molecule has 0 aromatic heterocycles. The number of piperazine rings is 1. The van der Waals surface area contributed by atoms with E-state index in [-0.39, 0.29) is 18.0 Å². The fourth-order valence-electron chi connectivity index (χ4n) is 3.07. The predicted molar refractivity (Wildman–Crippen MR) is 101 cm³/mol. The number of carbonyl (C=O) groups is 1. The Morgan fingerprint density at radius 1 is 1.11 bits per heavy atom. The maximum Gasteiger partial charge on any atom is 0.338 e. The molecule has 27 heavy (non-hydrogen) atoms. The van der Waals surface area contributed by atoms with Crippen LogP contribution in [0.3, 0.4) is 0 Å². The molecule has 1 aliphatic heterocycles. The number of carboxylic acid groups (broad SMARTS) is 1. The molecule has 0 spiro atoms. The van der Waals surface area contributed by atoms with Crippen molar-refractivity contribution in [2.75, 3.05) is 31.1 Å². The Kier molecular flexibility index (Phi) is 5.41. The van der Waals surface area contributed by atoms with E-state index in [1.165, 1.54) is 4.31 Å². The second-order valence-electron chi connectivity index (χ2n) is 6.27. The van der Waals surface area contributed by atoms with Crippen LogP contribution in [-0.2, 0) is 10.0 Å². The van der Waals surface area contributed by atoms with Gasteiger partial charge in [-0.1, -0.05) is 17.7 Å². The van der Waals surface area contributed by atoms with Crippen molar-refractivity contribution in [3.05, 3.63) is 58.4 Å². The number of hydrogen-bond donors (Lipinski definition) is 1. The minimum Gasteiger partial charge on any atom is -0.478 e. The van der Waals surface area contributed by atoms with Crippen LogP contribution in [-0.4, -0.2) is 50.0 Å². The minimum atomic E-state index is -3.91. The van der Waals surface area contributed by atoms with E-state index in [1.807, 2.05) is 19.1 Å². The average Bonchev–Trinajstić information content (AvgIpc) is 2.64. The van der Waals surface area contributed by atoms with Crippen molar-refractivity contribution in [1.29, 1.82) is 0 Å². The van der Waals surface area contributed by atoms with Gasteiger partial charge in [0, 0.05) is 36.9 Å². The molecule has 0 aliphatic carbocycles. The van der Waals surface area contributed by atoms with E-state index in [0.717, 1.165) is 29.4 Å². The molecule has 2 aromatic carbocycles. The zero-order chi connectivity index (χ0) is 19.8. The van der Waals surface area contributed by atoms with Gasteiger partial charge in [0.15, 0.2) is 0 Å². The molecule has 1 saturated heterocycles. The number of sulfonamides is 1. The van der Waals surface area contributed by atoms with Gasteiger partial charge in [0.25, 0.3) is 0 Å². The average molecular weight is 413 g/mol. The maximum atomic E-state index is 13.6. The lowest BCUT2D eigenvalue weighted by Gasteiger charge is -2.36. The molecule has 2 aromatic rings. The fourth-order valence-corrected chi connectivity index (χ4v) is 4.69. The molecule has 0 amide bonds. The van der Waals surface area contributed by atoms with E-state index in [0.29, 0.717) is 18.1 Å². The highest BCUT2D eigenvalue weighted by atomic mass is 35.5. The molecule has 0 saturated carbocycles. The Bertz CT molecular complexity index is 989. The molecular weight excluding hydrogens is 395 g/mol. The Morgan fingerprint density at radius 3 is 2.41 bits per heavy atom. The van der Waals surface area contributed by atoms with Gasteiger partial charge < -0.3 is 10.0 Å². The molecule has 1 N–H and O–H groups in total. The molecule has 0 radical (unpaired) electrons. The number of halogens is 2. The Morgan fingerprint density at radius 2 is 1.78 bits per heavy atom. The van der Waals surface area contributed by atoms with Crippen molar-refractivity contribution < 1.29 is 22.7 Å². The van der Waals surface area contributed by atoms with Crippen molar-refractivity contribution in [2.24, 2.45) is 0 Å². The first-order chi connectivity index (χ1) is 12.7. The van der Waals surface area contributed by atoms with Gasteiger partial charge in [-0.05, 0) is 42.8 Å². The number of hydrogen-bond acceptors (Lipinski definition) is 4. The summed E-state index contributed by atoms with van der Waals surface area (Å²) < 4.78 is 40.5. The van der Waals surface area contributed by atoms with Crippen LogP contribution in [0.5, 0.6) is 0 Å². The van der Waals surface area contributed by atoms with Crippen LogP contribution >= 0.6 is 11.6 Å². The lowest BCUT2D eigenvalue weighted by atomic mass is 10.1. The van der Waals surface area contributed by atoms with Crippen LogP contribution in [0.15, 0.2) is 41.3 Å². The molecule has 9 heteroatoms. The highest BCUT2D eigenvalue weighted by molar-refractivity contribution is 7.89. The third-order valence-corrected chi connectivity index (χ3v) is 6.69. The van der Waals surface area contributed by atoms with Crippen molar-refractivity contribution in [1.82, 2.24) is 4.31 Å². The number of aryl methyl sites for hydroxylation is 1. The number of rotatable bonds is 4. The molecule has 1 fully saturated rings. The standard InChI is InChI=1S/C18H18ClFN2O4S/c1-12-2-3-13(19)10-17(12)21-6-8-22(9-7-21)27(25,26)14-4-5-16(20)15(11-14)18(23)24/h2-5,10-11H,6-9H2,1H3,(H,23,24). The van der Waals surface area contributed by atoms with Crippen LogP contribution < -0.4 is 4.90 Å². The minimum absolute atomic E-state index is 0.228. The van der Waals surface area contributed by atoms with Gasteiger partial charge in [0.05, 0.1) is 10.5 Å². The van der Waals surface area contributed by atoms with Gasteiger partial charge >= 0.3 is 5.97 Å². The van der Waals surface area contributed by atoms with Crippen molar-refractivity contribution in [2.45, 2.75) is 11.8 Å². The van der Waals surface area contributed by atoms with E-state index in [4.69, 9.17) is 16.7 Å². The van der Waals surface area contributed by atoms with Gasteiger partial charge in [-0.2, -0.15) is 4.31 Å². The van der Waals surface area contributed by atoms with Gasteiger partial charge in [-0.25, -0.2) is 17.6 Å². The monoisotopic (exact) mass is 412 g/mol. The number of anilines is 1. The number of carboxylic acids is 1. The zero-order valence-electron chi connectivity index (χ0n) is 14.5. The van der Waals surface area contributed by atoms with Crippen LogP contribution in [0, 0.1) is 12.7 Å². The maximum absolute atomic E-state index is 13.6. The molecule has 144 valence electrons. The van der Waals surface area contributed by atoms with E-state index in [1.54, 1.807) is 6.07 Å². The Hall–Kier alpha value is -2.16. The van der Waals surface area contributed by atoms with E-state index in [2.05, 4.69) is 4.90 Å². The topological polar surface area (TPSA) is 77.9 Å². The quantitative estimate of drug-likeness (QED) is 0.835. The zero-order valence-corrected chi connectivity index (χ0v) is 16.1. The third-order valence-electron chi connectivity index (χ3n) is 4.56. The Balaban J connectivity index is 1.80. The van der Waals surface area contributed by atoms with E-state index in [9.17, 15) is 17.6 Å². The van der Waals surface area contributed by atoms with Crippen LogP contribution in [0.1, 0.15) is 15.9 Å². The molecule has 6 nitrogen and oxygen atoms in total. The second-order valence-corrected chi connectivity index (χ2v) is 8.64. The smallest absolute Gasteiger partial charge is 0.338 e. The highest BCUT2D eigenvalue weighted by Crippen LogP contribution is 2.27. The van der Waals surface area contributed by atoms with Gasteiger partial charge in [0.1, 0.15) is 5.82 Å². The summed E-state index contributed by atoms with van der Waals surface area (Å²) in [4.78, 5) is 12.9. The molecular formula is C18H18ClFN2O4S. The molecule has 0 bridgehead atoms. The summed E-state index contributed by atoms with van der Waals surface area (Å²) in [5.74, 6) is -2.48. The second kappa shape index (κ2) is 7.46. The summed E-state index contributed by atoms with van der Waals surface area (Å²) in [7, 11) is -3.91. The lowest BCUT2D eigenvalue weighted by Crippen LogP contribution is -2.48. The van der Waals surface area contributed by atoms with Gasteiger partial charge in [0.2, 0.25) is 10.0 Å². The fraction of sp³-hybridized carbons (Fsp3) is 0.278. The Labute approximate surface area is 161 Å². The van der Waals surface area contributed by atoms with E-state index < -0.39 is 27.4 Å². The number of aromatic carboxylic acids is 1. The predicted octanol–water partition coefficient (Wildman–Crippen LogP) is 3.00. The van der Waals surface area contributed by atoms with Gasteiger partial charge in [-0.3, -0.25) is 0 Å². The summed E-state index contributed by atoms with van der Waals surface area (Å²) >= 11 is 6.06. The normalized spacial score (nSPS) is 15.7. The van der Waals surface area contributed by atoms with Crippen LogP contribution in [0.2, 0.25) is 5.02 Å². The molecule has 1 aliphatic rings. The number of nitrogens with zero attached hydrogens (tertiary/aromatic N) is 2. The van der Waals surface area contributed by atoms with Crippen molar-refractivity contribution >= 4 is 33.3 Å². The van der Waals surface area contributed by atoms with Crippen molar-refractivity contribution in [3.63, 3.8) is 0 Å². The van der Waals surface area contributed by atoms with Gasteiger partial charge in [-0.15, -0.1) is 0 Å². The molecule has 0 unspecified atom stereocenters. The lowest BCUT2D eigenvalue weighted by molar-refractivity contribution is 0.0691. The molecule has 0 atom stereocenters. The van der Waals surface area contributed by atoms with E-state index >= 15 is 0 Å². The number of benzene rings is 2. The highest BCUT2D eigenvalue weighted by Gasteiger charge is 2.30. The summed E-state index contributed by atoms with van der Waals surface area (Å²) in [5, 5.41) is 9.62. The summed E-state index contributed by atoms with van der Waals surface area (Å²) in [5.41, 5.74) is 1.33. The first-order valence-corrected chi connectivity index (χ1v) is 10.1. The summed E-state index contributed by atoms with van der Waals surface area (Å²) in [6.45, 7) is 3.35. The summed E-state index contributed by atoms with van der Waals surface area (Å²) in [6, 6.07) is 8.37. The van der Waals surface area contributed by atoms with Crippen LogP contribution in [0.4, 0.5) is 10.1 Å². The SMILES string of the molecule is Cc1ccc(Cl)cc1N1CCN(S(=O)(=O)c2ccc(F)c(C(=O)O)c2)CC1. The third kappa shape index (κ3) is 3.92. The largest absolute Gasteiger partial charge is 0.478 e. The first kappa shape index (κ1) is 19.6. The summed E-state index contributed by atoms with van der Waals surface area (Å²) in [6.07, 6.45) is 0. The molecule has 3 rings (SSSR count).